The van der Waals surface area contributed by atoms with Crippen LogP contribution in [-0.4, -0.2) is 24.8 Å². The molecule has 1 aliphatic heterocycles. The highest BCUT2D eigenvalue weighted by molar-refractivity contribution is 5.31. The fourth-order valence-corrected chi connectivity index (χ4v) is 3.54. The van der Waals surface area contributed by atoms with Crippen molar-refractivity contribution in [3.63, 3.8) is 0 Å². The van der Waals surface area contributed by atoms with E-state index < -0.39 is 0 Å². The first-order chi connectivity index (χ1) is 9.22. The van der Waals surface area contributed by atoms with Gasteiger partial charge in [0, 0.05) is 18.7 Å². The SMILES string of the molecule is Cc1ccccc1C1CC(NC2CCOC(C)C2)C1. The Bertz CT molecular complexity index is 425. The smallest absolute Gasteiger partial charge is 0.0561 e. The summed E-state index contributed by atoms with van der Waals surface area (Å²) in [4.78, 5) is 0. The summed E-state index contributed by atoms with van der Waals surface area (Å²) in [6, 6.07) is 10.2. The highest BCUT2D eigenvalue weighted by Crippen LogP contribution is 2.38. The monoisotopic (exact) mass is 259 g/mol. The molecule has 0 aromatic heterocycles. The van der Waals surface area contributed by atoms with Crippen molar-refractivity contribution in [2.24, 2.45) is 0 Å². The van der Waals surface area contributed by atoms with Crippen LogP contribution in [0.25, 0.3) is 0 Å². The number of aryl methyl sites for hydroxylation is 1. The predicted molar refractivity (Wildman–Crippen MR) is 78.5 cm³/mol. The summed E-state index contributed by atoms with van der Waals surface area (Å²) in [5.74, 6) is 0.774. The Balaban J connectivity index is 1.49. The highest BCUT2D eigenvalue weighted by atomic mass is 16.5. The fourth-order valence-electron chi connectivity index (χ4n) is 3.54. The lowest BCUT2D eigenvalue weighted by Crippen LogP contribution is -2.48. The molecule has 104 valence electrons. The minimum absolute atomic E-state index is 0.429. The molecule has 1 aromatic carbocycles. The number of hydrogen-bond acceptors (Lipinski definition) is 2. The van der Waals surface area contributed by atoms with Crippen molar-refractivity contribution in [1.29, 1.82) is 0 Å². The van der Waals surface area contributed by atoms with Gasteiger partial charge in [-0.05, 0) is 56.6 Å². The van der Waals surface area contributed by atoms with Gasteiger partial charge in [-0.3, -0.25) is 0 Å². The third-order valence-electron chi connectivity index (χ3n) is 4.72. The van der Waals surface area contributed by atoms with Crippen molar-refractivity contribution in [1.82, 2.24) is 5.32 Å². The lowest BCUT2D eigenvalue weighted by molar-refractivity contribution is 0.00851. The van der Waals surface area contributed by atoms with Gasteiger partial charge >= 0.3 is 0 Å². The first-order valence-electron chi connectivity index (χ1n) is 7.65. The average Bonchev–Trinajstić information content (AvgIpc) is 2.35. The normalized spacial score (nSPS) is 34.8. The molecule has 19 heavy (non-hydrogen) atoms. The van der Waals surface area contributed by atoms with Crippen molar-refractivity contribution in [2.75, 3.05) is 6.61 Å². The van der Waals surface area contributed by atoms with Crippen molar-refractivity contribution in [2.45, 2.75) is 63.6 Å². The quantitative estimate of drug-likeness (QED) is 0.898. The minimum Gasteiger partial charge on any atom is -0.378 e. The maximum Gasteiger partial charge on any atom is 0.0561 e. The number of hydrogen-bond donors (Lipinski definition) is 1. The average molecular weight is 259 g/mol. The number of rotatable bonds is 3. The molecular formula is C17H25NO. The van der Waals surface area contributed by atoms with Gasteiger partial charge in [-0.25, -0.2) is 0 Å². The van der Waals surface area contributed by atoms with E-state index in [1.807, 2.05) is 0 Å². The van der Waals surface area contributed by atoms with Crippen LogP contribution < -0.4 is 5.32 Å². The Morgan fingerprint density at radius 1 is 1.11 bits per heavy atom. The molecule has 2 fully saturated rings. The summed E-state index contributed by atoms with van der Waals surface area (Å²) >= 11 is 0. The molecule has 1 heterocycles. The topological polar surface area (TPSA) is 21.3 Å². The maximum absolute atomic E-state index is 5.61. The van der Waals surface area contributed by atoms with E-state index in [0.717, 1.165) is 18.6 Å². The second-order valence-electron chi connectivity index (χ2n) is 6.29. The molecule has 0 bridgehead atoms. The zero-order valence-corrected chi connectivity index (χ0v) is 12.1. The summed E-state index contributed by atoms with van der Waals surface area (Å²) in [6.45, 7) is 5.34. The van der Waals surface area contributed by atoms with Crippen LogP contribution in [-0.2, 0) is 4.74 Å². The van der Waals surface area contributed by atoms with Crippen LogP contribution in [0, 0.1) is 6.92 Å². The van der Waals surface area contributed by atoms with E-state index in [9.17, 15) is 0 Å². The third-order valence-corrected chi connectivity index (χ3v) is 4.72. The fraction of sp³-hybridized carbons (Fsp3) is 0.647. The Kier molecular flexibility index (Phi) is 3.90. The van der Waals surface area contributed by atoms with Gasteiger partial charge in [0.2, 0.25) is 0 Å². The lowest BCUT2D eigenvalue weighted by atomic mass is 9.74. The van der Waals surface area contributed by atoms with E-state index in [1.165, 1.54) is 31.2 Å². The first kappa shape index (κ1) is 13.1. The van der Waals surface area contributed by atoms with Crippen LogP contribution in [0.4, 0.5) is 0 Å². The van der Waals surface area contributed by atoms with Gasteiger partial charge in [-0.15, -0.1) is 0 Å². The molecule has 3 rings (SSSR count). The van der Waals surface area contributed by atoms with Crippen molar-refractivity contribution < 1.29 is 4.74 Å². The maximum atomic E-state index is 5.61. The van der Waals surface area contributed by atoms with Crippen LogP contribution in [0.15, 0.2) is 24.3 Å². The molecule has 2 aliphatic rings. The van der Waals surface area contributed by atoms with Gasteiger partial charge in [0.1, 0.15) is 0 Å². The Morgan fingerprint density at radius 3 is 2.63 bits per heavy atom. The molecule has 2 atom stereocenters. The zero-order chi connectivity index (χ0) is 13.2. The zero-order valence-electron chi connectivity index (χ0n) is 12.1. The van der Waals surface area contributed by atoms with Gasteiger partial charge in [-0.1, -0.05) is 24.3 Å². The Hall–Kier alpha value is -0.860. The minimum atomic E-state index is 0.429. The molecule has 1 N–H and O–H groups in total. The Morgan fingerprint density at radius 2 is 1.89 bits per heavy atom. The van der Waals surface area contributed by atoms with E-state index >= 15 is 0 Å². The lowest BCUT2D eigenvalue weighted by Gasteiger charge is -2.41. The molecular weight excluding hydrogens is 234 g/mol. The Labute approximate surface area is 116 Å². The standard InChI is InChI=1S/C17H25NO/c1-12-5-3-4-6-17(12)14-10-16(11-14)18-15-7-8-19-13(2)9-15/h3-6,13-16,18H,7-11H2,1-2H3. The molecule has 2 nitrogen and oxygen atoms in total. The van der Waals surface area contributed by atoms with Crippen molar-refractivity contribution in [3.05, 3.63) is 35.4 Å². The second kappa shape index (κ2) is 5.64. The van der Waals surface area contributed by atoms with Crippen LogP contribution in [0.5, 0.6) is 0 Å². The van der Waals surface area contributed by atoms with Crippen LogP contribution in [0.3, 0.4) is 0 Å². The van der Waals surface area contributed by atoms with E-state index in [0.29, 0.717) is 12.1 Å². The summed E-state index contributed by atoms with van der Waals surface area (Å²) in [6.07, 6.45) is 5.38. The summed E-state index contributed by atoms with van der Waals surface area (Å²) in [5.41, 5.74) is 3.01. The number of ether oxygens (including phenoxy) is 1. The van der Waals surface area contributed by atoms with Gasteiger partial charge < -0.3 is 10.1 Å². The van der Waals surface area contributed by atoms with E-state index in [2.05, 4.69) is 43.4 Å². The molecule has 0 amide bonds. The molecule has 1 saturated heterocycles. The van der Waals surface area contributed by atoms with Gasteiger partial charge in [0.15, 0.2) is 0 Å². The van der Waals surface area contributed by atoms with Crippen molar-refractivity contribution in [3.8, 4) is 0 Å². The van der Waals surface area contributed by atoms with Gasteiger partial charge in [0.25, 0.3) is 0 Å². The largest absolute Gasteiger partial charge is 0.378 e. The third kappa shape index (κ3) is 3.01. The molecule has 2 unspecified atom stereocenters. The van der Waals surface area contributed by atoms with Crippen LogP contribution >= 0.6 is 0 Å². The number of nitrogens with one attached hydrogen (secondary N) is 1. The molecule has 1 aromatic rings. The predicted octanol–water partition coefficient (Wildman–Crippen LogP) is 3.40. The first-order valence-corrected chi connectivity index (χ1v) is 7.65. The molecule has 0 radical (unpaired) electrons. The summed E-state index contributed by atoms with van der Waals surface area (Å²) in [7, 11) is 0. The summed E-state index contributed by atoms with van der Waals surface area (Å²) < 4.78 is 5.61. The summed E-state index contributed by atoms with van der Waals surface area (Å²) in [5, 5.41) is 3.82. The molecule has 1 aliphatic carbocycles. The molecule has 1 saturated carbocycles. The number of benzene rings is 1. The van der Waals surface area contributed by atoms with E-state index in [4.69, 9.17) is 4.74 Å². The van der Waals surface area contributed by atoms with Crippen LogP contribution in [0.1, 0.15) is 49.7 Å². The highest BCUT2D eigenvalue weighted by Gasteiger charge is 2.33. The van der Waals surface area contributed by atoms with E-state index in [-0.39, 0.29) is 0 Å². The second-order valence-corrected chi connectivity index (χ2v) is 6.29. The van der Waals surface area contributed by atoms with Gasteiger partial charge in [-0.2, -0.15) is 0 Å². The molecule has 2 heteroatoms. The molecule has 0 spiro atoms. The van der Waals surface area contributed by atoms with Gasteiger partial charge in [0.05, 0.1) is 6.10 Å². The van der Waals surface area contributed by atoms with E-state index in [1.54, 1.807) is 5.56 Å². The van der Waals surface area contributed by atoms with Crippen molar-refractivity contribution >= 4 is 0 Å². The van der Waals surface area contributed by atoms with Crippen LogP contribution in [0.2, 0.25) is 0 Å².